The van der Waals surface area contributed by atoms with Crippen LogP contribution in [0.25, 0.3) is 0 Å². The van der Waals surface area contributed by atoms with Crippen molar-refractivity contribution in [2.24, 2.45) is 0 Å². The van der Waals surface area contributed by atoms with Crippen molar-refractivity contribution in [3.63, 3.8) is 0 Å². The molecule has 0 spiro atoms. The summed E-state index contributed by atoms with van der Waals surface area (Å²) in [5, 5.41) is 17.2. The average molecular weight is 558 g/mol. The lowest BCUT2D eigenvalue weighted by Crippen LogP contribution is -2.54. The van der Waals surface area contributed by atoms with Gasteiger partial charge in [-0.3, -0.25) is 4.79 Å². The number of carbonyl (C=O) groups excluding carboxylic acids is 1. The fourth-order valence-corrected chi connectivity index (χ4v) is 5.57. The number of amides is 1. The smallest absolute Gasteiger partial charge is 0.255 e. The maximum atomic E-state index is 13.2. The number of aliphatic hydroxyl groups excluding tert-OH is 1. The molecule has 1 heterocycles. The highest BCUT2D eigenvalue weighted by atomic mass is 79.9. The van der Waals surface area contributed by atoms with Gasteiger partial charge in [0.25, 0.3) is 5.91 Å². The topological polar surface area (TPSA) is 108 Å². The quantitative estimate of drug-likeness (QED) is 0.346. The first-order valence-electron chi connectivity index (χ1n) is 11.3. The predicted octanol–water partition coefficient (Wildman–Crippen LogP) is 4.85. The molecule has 4 N–H and O–H groups in total. The first-order valence-corrected chi connectivity index (χ1v) is 13.6. The number of hydrogen-bond acceptors (Lipinski definition) is 5. The molecule has 9 heteroatoms. The number of anilines is 2. The van der Waals surface area contributed by atoms with Crippen LogP contribution in [0.3, 0.4) is 0 Å². The van der Waals surface area contributed by atoms with Crippen LogP contribution in [0.4, 0.5) is 11.4 Å². The summed E-state index contributed by atoms with van der Waals surface area (Å²) in [5.41, 5.74) is 2.33. The standard InChI is InChI=1S/C26H28BrN3O4S/c1-4-16-5-12-20(13-6-16)35(33,34)30-23-21-15-17(7-14-22(21)29-26(2,3)24(23)31)25(32)28-19-10-8-18(27)9-11-19/h5-15,23-24,29-31H,4H2,1-3H3,(H,28,32)/t23-,24+/m1/s1. The van der Waals surface area contributed by atoms with Crippen LogP contribution in [-0.2, 0) is 16.4 Å². The molecule has 4 rings (SSSR count). The fraction of sp³-hybridized carbons (Fsp3) is 0.269. The van der Waals surface area contributed by atoms with Gasteiger partial charge in [0.1, 0.15) is 0 Å². The van der Waals surface area contributed by atoms with Crippen LogP contribution in [0.1, 0.15) is 48.3 Å². The summed E-state index contributed by atoms with van der Waals surface area (Å²) >= 11 is 3.37. The van der Waals surface area contributed by atoms with Crippen molar-refractivity contribution in [1.29, 1.82) is 0 Å². The van der Waals surface area contributed by atoms with Gasteiger partial charge in [0.05, 0.1) is 22.6 Å². The zero-order valence-electron chi connectivity index (χ0n) is 19.7. The van der Waals surface area contributed by atoms with Crippen molar-refractivity contribution >= 4 is 43.2 Å². The van der Waals surface area contributed by atoms with Gasteiger partial charge in [0, 0.05) is 21.4 Å². The molecule has 184 valence electrons. The Balaban J connectivity index is 1.67. The number of aryl methyl sites for hydroxylation is 1. The van der Waals surface area contributed by atoms with Crippen LogP contribution >= 0.6 is 15.9 Å². The Hall–Kier alpha value is -2.72. The Bertz CT molecular complexity index is 1340. The monoisotopic (exact) mass is 557 g/mol. The second kappa shape index (κ2) is 9.73. The molecule has 3 aromatic rings. The lowest BCUT2D eigenvalue weighted by molar-refractivity contribution is 0.0770. The number of hydrogen-bond donors (Lipinski definition) is 4. The second-order valence-corrected chi connectivity index (χ2v) is 11.8. The molecule has 35 heavy (non-hydrogen) atoms. The van der Waals surface area contributed by atoms with Crippen LogP contribution in [0, 0.1) is 0 Å². The van der Waals surface area contributed by atoms with Crippen molar-refractivity contribution in [3.8, 4) is 0 Å². The second-order valence-electron chi connectivity index (χ2n) is 9.15. The van der Waals surface area contributed by atoms with Crippen molar-refractivity contribution in [2.75, 3.05) is 10.6 Å². The number of nitrogens with one attached hydrogen (secondary N) is 3. The zero-order valence-corrected chi connectivity index (χ0v) is 22.1. The van der Waals surface area contributed by atoms with Crippen LogP contribution in [0.5, 0.6) is 0 Å². The SMILES string of the molecule is CCc1ccc(S(=O)(=O)N[C@@H]2c3cc(C(=O)Nc4ccc(Br)cc4)ccc3NC(C)(C)[C@H]2O)cc1. The first-order chi connectivity index (χ1) is 16.5. The highest BCUT2D eigenvalue weighted by molar-refractivity contribution is 9.10. The minimum absolute atomic E-state index is 0.115. The molecule has 3 aromatic carbocycles. The molecule has 2 atom stereocenters. The Labute approximate surface area is 214 Å². The predicted molar refractivity (Wildman–Crippen MR) is 141 cm³/mol. The number of sulfonamides is 1. The summed E-state index contributed by atoms with van der Waals surface area (Å²) in [5.74, 6) is -0.341. The Morgan fingerprint density at radius 2 is 1.71 bits per heavy atom. The van der Waals surface area contributed by atoms with Gasteiger partial charge in [-0.05, 0) is 86.0 Å². The molecule has 7 nitrogen and oxygen atoms in total. The third kappa shape index (κ3) is 5.43. The van der Waals surface area contributed by atoms with Gasteiger partial charge in [0.2, 0.25) is 10.0 Å². The van der Waals surface area contributed by atoms with Crippen LogP contribution in [0.15, 0.2) is 76.1 Å². The third-order valence-corrected chi connectivity index (χ3v) is 8.17. The molecule has 0 bridgehead atoms. The van der Waals surface area contributed by atoms with E-state index in [0.29, 0.717) is 22.5 Å². The van der Waals surface area contributed by atoms with E-state index in [2.05, 4.69) is 31.3 Å². The zero-order chi connectivity index (χ0) is 25.4. The highest BCUT2D eigenvalue weighted by Gasteiger charge is 2.43. The third-order valence-electron chi connectivity index (χ3n) is 6.19. The van der Waals surface area contributed by atoms with Crippen molar-refractivity contribution in [3.05, 3.63) is 87.9 Å². The minimum Gasteiger partial charge on any atom is -0.389 e. The van der Waals surface area contributed by atoms with Crippen molar-refractivity contribution in [2.45, 2.75) is 49.8 Å². The van der Waals surface area contributed by atoms with Gasteiger partial charge in [-0.2, -0.15) is 0 Å². The molecule has 0 saturated heterocycles. The van der Waals surface area contributed by atoms with Gasteiger partial charge in [-0.25, -0.2) is 13.1 Å². The number of aliphatic hydroxyl groups is 1. The lowest BCUT2D eigenvalue weighted by atomic mass is 9.82. The molecule has 0 fully saturated rings. The number of benzene rings is 3. The molecule has 0 unspecified atom stereocenters. The van der Waals surface area contributed by atoms with E-state index >= 15 is 0 Å². The first kappa shape index (κ1) is 25.4. The number of halogens is 1. The molecule has 0 aromatic heterocycles. The molecule has 0 radical (unpaired) electrons. The van der Waals surface area contributed by atoms with Gasteiger partial charge >= 0.3 is 0 Å². The summed E-state index contributed by atoms with van der Waals surface area (Å²) in [4.78, 5) is 13.0. The molecule has 1 aliphatic heterocycles. The van der Waals surface area contributed by atoms with Gasteiger partial charge in [-0.1, -0.05) is 35.0 Å². The van der Waals surface area contributed by atoms with Crippen LogP contribution in [0.2, 0.25) is 0 Å². The van der Waals surface area contributed by atoms with Crippen molar-refractivity contribution < 1.29 is 18.3 Å². The molecular formula is C26H28BrN3O4S. The van der Waals surface area contributed by atoms with Gasteiger partial charge in [0.15, 0.2) is 0 Å². The largest absolute Gasteiger partial charge is 0.389 e. The van der Waals surface area contributed by atoms with Crippen LogP contribution < -0.4 is 15.4 Å². The van der Waals surface area contributed by atoms with Gasteiger partial charge < -0.3 is 15.7 Å². The minimum atomic E-state index is -3.94. The Kier molecular flexibility index (Phi) is 7.06. The summed E-state index contributed by atoms with van der Waals surface area (Å²) < 4.78 is 30.0. The van der Waals surface area contributed by atoms with Crippen molar-refractivity contribution in [1.82, 2.24) is 4.72 Å². The van der Waals surface area contributed by atoms with E-state index in [4.69, 9.17) is 0 Å². The van der Waals surface area contributed by atoms with E-state index in [1.165, 1.54) is 0 Å². The fourth-order valence-electron chi connectivity index (χ4n) is 4.09. The number of carbonyl (C=O) groups is 1. The van der Waals surface area contributed by atoms with E-state index in [0.717, 1.165) is 16.5 Å². The Morgan fingerprint density at radius 1 is 1.06 bits per heavy atom. The highest BCUT2D eigenvalue weighted by Crippen LogP contribution is 2.39. The number of fused-ring (bicyclic) bond motifs is 1. The molecule has 1 amide bonds. The van der Waals surface area contributed by atoms with E-state index in [-0.39, 0.29) is 10.8 Å². The van der Waals surface area contributed by atoms with E-state index in [1.807, 2.05) is 19.1 Å². The van der Waals surface area contributed by atoms with Gasteiger partial charge in [-0.15, -0.1) is 0 Å². The number of rotatable bonds is 6. The average Bonchev–Trinajstić information content (AvgIpc) is 2.83. The maximum absolute atomic E-state index is 13.2. The maximum Gasteiger partial charge on any atom is 0.255 e. The summed E-state index contributed by atoms with van der Waals surface area (Å²) in [6, 6.07) is 17.9. The molecule has 0 aliphatic carbocycles. The molecular weight excluding hydrogens is 530 g/mol. The van der Waals surface area contributed by atoms with E-state index < -0.39 is 27.7 Å². The summed E-state index contributed by atoms with van der Waals surface area (Å²) in [6.07, 6.45) is -0.294. The van der Waals surface area contributed by atoms with E-state index in [1.54, 1.807) is 68.4 Å². The summed E-state index contributed by atoms with van der Waals surface area (Å²) in [7, 11) is -3.94. The molecule has 0 saturated carbocycles. The van der Waals surface area contributed by atoms with Crippen LogP contribution in [-0.4, -0.2) is 31.1 Å². The Morgan fingerprint density at radius 3 is 2.34 bits per heavy atom. The summed E-state index contributed by atoms with van der Waals surface area (Å²) in [6.45, 7) is 5.59. The lowest BCUT2D eigenvalue weighted by Gasteiger charge is -2.43. The normalized spacial score (nSPS) is 18.9. The van der Waals surface area contributed by atoms with E-state index in [9.17, 15) is 18.3 Å². The molecule has 1 aliphatic rings.